The van der Waals surface area contributed by atoms with Crippen molar-refractivity contribution in [1.82, 2.24) is 48.2 Å². The Morgan fingerprint density at radius 1 is 0.269 bits per heavy atom. The molecule has 0 radical (unpaired) electrons. The largest absolute Gasteiger partial charge is 0.488 e. The van der Waals surface area contributed by atoms with Crippen molar-refractivity contribution in [3.63, 3.8) is 0 Å². The molecule has 0 aliphatic carbocycles. The van der Waals surface area contributed by atoms with Crippen molar-refractivity contribution in [2.45, 2.75) is 0 Å². The van der Waals surface area contributed by atoms with Crippen LogP contribution in [0, 0.1) is 0 Å². The number of halogens is 1. The molecule has 12 nitrogen and oxygen atoms in total. The van der Waals surface area contributed by atoms with Crippen LogP contribution in [0.15, 0.2) is 357 Å². The summed E-state index contributed by atoms with van der Waals surface area (Å²) in [6.45, 7) is 0. The molecule has 14 heteroatoms. The summed E-state index contributed by atoms with van der Waals surface area (Å²) in [7, 11) is -1.55. The lowest BCUT2D eigenvalue weighted by molar-refractivity contribution is 0.426. The van der Waals surface area contributed by atoms with Gasteiger partial charge in [-0.1, -0.05) is 240 Å². The summed E-state index contributed by atoms with van der Waals surface area (Å²) < 4.78 is 9.97. The van der Waals surface area contributed by atoms with E-state index in [0.717, 1.165) is 127 Å². The molecule has 20 aromatic rings. The van der Waals surface area contributed by atoms with E-state index in [1.165, 1.54) is 32.4 Å². The molecule has 20 rings (SSSR count). The summed E-state index contributed by atoms with van der Waals surface area (Å²) in [4.78, 5) is 29.3. The number of aromatic nitrogens is 10. The first kappa shape index (κ1) is 63.0. The summed E-state index contributed by atoms with van der Waals surface area (Å²) in [6, 6.07) is 112. The number of para-hydroxylation sites is 4. The summed E-state index contributed by atoms with van der Waals surface area (Å²) in [5, 5.41) is 28.8. The molecule has 8 aromatic heterocycles. The van der Waals surface area contributed by atoms with Crippen molar-refractivity contribution >= 4 is 116 Å². The summed E-state index contributed by atoms with van der Waals surface area (Å²) in [5.74, 6) is 1.35. The molecular formula is C90H60BBrN10O2. The van der Waals surface area contributed by atoms with Gasteiger partial charge in [-0.3, -0.25) is 9.13 Å². The zero-order valence-corrected chi connectivity index (χ0v) is 57.4. The van der Waals surface area contributed by atoms with E-state index < -0.39 is 7.12 Å². The third-order valence-corrected chi connectivity index (χ3v) is 19.7. The molecule has 0 aliphatic heterocycles. The Balaban J connectivity index is 0.000000122. The number of pyridine rings is 2. The molecule has 0 amide bonds. The van der Waals surface area contributed by atoms with Gasteiger partial charge in [0.1, 0.15) is 11.3 Å². The van der Waals surface area contributed by atoms with Crippen LogP contribution in [0.2, 0.25) is 0 Å². The average Bonchev–Trinajstić information content (AvgIpc) is 1.56. The van der Waals surface area contributed by atoms with E-state index in [4.69, 9.17) is 24.9 Å². The van der Waals surface area contributed by atoms with Gasteiger partial charge in [0.05, 0.1) is 68.3 Å². The fourth-order valence-corrected chi connectivity index (χ4v) is 14.8. The lowest BCUT2D eigenvalue weighted by Gasteiger charge is -2.15. The topological polar surface area (TPSA) is 138 Å². The van der Waals surface area contributed by atoms with E-state index >= 15 is 0 Å². The molecule has 0 aliphatic rings. The summed E-state index contributed by atoms with van der Waals surface area (Å²) in [5.41, 5.74) is 20.6. The predicted octanol–water partition coefficient (Wildman–Crippen LogP) is 20.6. The Kier molecular flexibility index (Phi) is 16.4. The van der Waals surface area contributed by atoms with Crippen molar-refractivity contribution in [1.29, 1.82) is 0 Å². The highest BCUT2D eigenvalue weighted by atomic mass is 79.9. The zero-order valence-electron chi connectivity index (χ0n) is 55.8. The summed E-state index contributed by atoms with van der Waals surface area (Å²) >= 11 is 3.55. The number of fused-ring (bicyclic) bond motifs is 12. The van der Waals surface area contributed by atoms with Crippen LogP contribution < -0.4 is 5.46 Å². The third-order valence-electron chi connectivity index (χ3n) is 19.2. The van der Waals surface area contributed by atoms with Crippen molar-refractivity contribution < 1.29 is 10.0 Å². The molecule has 492 valence electrons. The molecule has 0 unspecified atom stereocenters. The number of rotatable bonds is 10. The van der Waals surface area contributed by atoms with Gasteiger partial charge >= 0.3 is 7.12 Å². The Hall–Kier alpha value is -13.2. The van der Waals surface area contributed by atoms with Crippen LogP contribution in [-0.4, -0.2) is 65.3 Å². The molecule has 2 N–H and O–H groups in total. The van der Waals surface area contributed by atoms with Crippen molar-refractivity contribution in [3.8, 4) is 79.2 Å². The smallest absolute Gasteiger partial charge is 0.423 e. The van der Waals surface area contributed by atoms with E-state index in [9.17, 15) is 10.0 Å². The van der Waals surface area contributed by atoms with Crippen molar-refractivity contribution in [3.05, 3.63) is 357 Å². The van der Waals surface area contributed by atoms with Gasteiger partial charge in [0.2, 0.25) is 0 Å². The second-order valence-electron chi connectivity index (χ2n) is 25.4. The normalized spacial score (nSPS) is 11.4. The van der Waals surface area contributed by atoms with Crippen LogP contribution >= 0.6 is 15.9 Å². The highest BCUT2D eigenvalue weighted by Gasteiger charge is 2.24. The number of hydrogen-bond donors (Lipinski definition) is 2. The molecular weight excluding hydrogens is 1340 g/mol. The van der Waals surface area contributed by atoms with Gasteiger partial charge in [0, 0.05) is 93.6 Å². The van der Waals surface area contributed by atoms with E-state index in [2.05, 4.69) is 227 Å². The minimum Gasteiger partial charge on any atom is -0.423 e. The Labute approximate surface area is 606 Å². The van der Waals surface area contributed by atoms with Gasteiger partial charge in [-0.25, -0.2) is 29.9 Å². The van der Waals surface area contributed by atoms with E-state index in [-0.39, 0.29) is 0 Å². The van der Waals surface area contributed by atoms with Crippen molar-refractivity contribution in [2.24, 2.45) is 0 Å². The molecule has 0 fully saturated rings. The van der Waals surface area contributed by atoms with Gasteiger partial charge in [-0.05, 0) is 120 Å². The monoisotopic (exact) mass is 1400 g/mol. The predicted molar refractivity (Wildman–Crippen MR) is 428 cm³/mol. The van der Waals surface area contributed by atoms with Crippen LogP contribution in [0.1, 0.15) is 0 Å². The van der Waals surface area contributed by atoms with Crippen LogP contribution in [0.25, 0.3) is 167 Å². The minimum atomic E-state index is -1.55. The van der Waals surface area contributed by atoms with Crippen molar-refractivity contribution in [2.75, 3.05) is 0 Å². The lowest BCUT2D eigenvalue weighted by atomic mass is 9.80. The first-order valence-corrected chi connectivity index (χ1v) is 35.1. The first-order chi connectivity index (χ1) is 51.4. The molecule has 104 heavy (non-hydrogen) atoms. The molecule has 0 spiro atoms. The van der Waals surface area contributed by atoms with Gasteiger partial charge in [-0.15, -0.1) is 0 Å². The molecule has 0 atom stereocenters. The van der Waals surface area contributed by atoms with E-state index in [0.29, 0.717) is 17.1 Å². The number of hydrogen-bond acceptors (Lipinski definition) is 8. The van der Waals surface area contributed by atoms with Gasteiger partial charge < -0.3 is 19.2 Å². The maximum atomic E-state index is 9.84. The quantitative estimate of drug-likeness (QED) is 0.129. The molecule has 0 saturated heterocycles. The Morgan fingerprint density at radius 2 is 0.644 bits per heavy atom. The van der Waals surface area contributed by atoms with E-state index in [1.54, 1.807) is 6.07 Å². The number of nitrogens with zero attached hydrogens (tertiary/aromatic N) is 10. The van der Waals surface area contributed by atoms with Gasteiger partial charge in [-0.2, -0.15) is 0 Å². The fraction of sp³-hybridized carbons (Fsp3) is 0. The standard InChI is InChI=1S/C45H29N5.C28H20BN3O2.C17H11BrN2/c1-4-13-30(14-5-1)43-42(29-47-44(48-43)31-15-6-2-7-16-31)50-39-21-11-10-19-35(39)36-24-22-33(28-41(36)50)32-23-25-40-38(27-32)37-20-12-26-46-45(37)49(40)34-17-8-3-9-18-34;33-29(34)21-15-16-23-22-13-7-8-14-24(22)32(25(23)17-21)26-18-30-28(20-11-5-2-6-12-20)31-27(26)19-9-3-1-4-10-19;18-12-8-9-16-15(11-12)14-7-4-10-19-17(14)20(16)13-5-2-1-3-6-13/h1-29H;1-18,33-34H;1-11H. The third kappa shape index (κ3) is 11.4. The highest BCUT2D eigenvalue weighted by molar-refractivity contribution is 9.10. The molecule has 0 saturated carbocycles. The second-order valence-corrected chi connectivity index (χ2v) is 26.3. The minimum absolute atomic E-state index is 0.430. The highest BCUT2D eigenvalue weighted by Crippen LogP contribution is 2.42. The average molecular weight is 1400 g/mol. The number of benzene rings is 12. The first-order valence-electron chi connectivity index (χ1n) is 34.3. The summed E-state index contributed by atoms with van der Waals surface area (Å²) in [6.07, 6.45) is 7.54. The van der Waals surface area contributed by atoms with Crippen LogP contribution in [0.4, 0.5) is 0 Å². The second kappa shape index (κ2) is 27.0. The maximum Gasteiger partial charge on any atom is 0.488 e. The maximum absolute atomic E-state index is 9.84. The van der Waals surface area contributed by atoms with E-state index in [1.807, 2.05) is 158 Å². The SMILES string of the molecule is Brc1ccc2c(c1)c1cccnc1n2-c1ccccc1.OB(O)c1ccc2c3ccccc3n(-c3cnc(-c4ccccc4)nc3-c3ccccc3)c2c1.c1ccc(-c2ncc(-n3c4ccccc4c4ccc(-c5ccc6c(c5)c5cccnc5n6-c5ccccc5)cc43)c(-c3ccccc3)n2)cc1. The lowest BCUT2D eigenvalue weighted by Crippen LogP contribution is -2.29. The molecule has 8 heterocycles. The Bertz CT molecular complexity index is 6590. The van der Waals surface area contributed by atoms with Crippen LogP contribution in [0.5, 0.6) is 0 Å². The molecule has 0 bridgehead atoms. The Morgan fingerprint density at radius 3 is 1.13 bits per heavy atom. The van der Waals surface area contributed by atoms with Gasteiger partial charge in [0.25, 0.3) is 0 Å². The van der Waals surface area contributed by atoms with Crippen LogP contribution in [-0.2, 0) is 0 Å². The van der Waals surface area contributed by atoms with Crippen LogP contribution in [0.3, 0.4) is 0 Å². The zero-order chi connectivity index (χ0) is 69.6. The molecule has 12 aromatic carbocycles. The van der Waals surface area contributed by atoms with Gasteiger partial charge in [0.15, 0.2) is 11.6 Å². The fourth-order valence-electron chi connectivity index (χ4n) is 14.5.